The van der Waals surface area contributed by atoms with E-state index < -0.39 is 4.92 Å². The predicted molar refractivity (Wildman–Crippen MR) is 45.4 cm³/mol. The van der Waals surface area contributed by atoms with Crippen LogP contribution in [-0.4, -0.2) is 19.1 Å². The summed E-state index contributed by atoms with van der Waals surface area (Å²) in [6.07, 6.45) is 2.79. The molecule has 0 aromatic carbocycles. The lowest BCUT2D eigenvalue weighted by Crippen LogP contribution is -2.11. The lowest BCUT2D eigenvalue weighted by molar-refractivity contribution is -0.431. The van der Waals surface area contributed by atoms with Crippen molar-refractivity contribution in [2.24, 2.45) is 0 Å². The van der Waals surface area contributed by atoms with Gasteiger partial charge in [-0.2, -0.15) is 0 Å². The molecular weight excluding hydrogens is 174 g/mol. The van der Waals surface area contributed by atoms with Gasteiger partial charge in [-0.3, -0.25) is 10.1 Å². The van der Waals surface area contributed by atoms with Gasteiger partial charge >= 0.3 is 0 Å². The third-order valence-electron chi connectivity index (χ3n) is 1.84. The zero-order valence-corrected chi connectivity index (χ0v) is 7.57. The van der Waals surface area contributed by atoms with Crippen LogP contribution in [0, 0.1) is 10.1 Å². The number of methoxy groups -OCH3 is 2. The van der Waals surface area contributed by atoms with Crippen molar-refractivity contribution < 1.29 is 14.4 Å². The van der Waals surface area contributed by atoms with Crippen LogP contribution < -0.4 is 0 Å². The number of hydrogen-bond donors (Lipinski definition) is 0. The minimum atomic E-state index is -0.426. The number of allylic oxidation sites excluding steroid dienone is 2. The molecule has 1 aliphatic rings. The third-order valence-corrected chi connectivity index (χ3v) is 1.84. The van der Waals surface area contributed by atoms with Gasteiger partial charge in [-0.05, 0) is 12.5 Å². The van der Waals surface area contributed by atoms with Gasteiger partial charge < -0.3 is 9.47 Å². The highest BCUT2D eigenvalue weighted by molar-refractivity contribution is 5.26. The van der Waals surface area contributed by atoms with E-state index in [1.54, 1.807) is 6.08 Å². The van der Waals surface area contributed by atoms with E-state index in [0.29, 0.717) is 18.6 Å². The second-order valence-electron chi connectivity index (χ2n) is 2.55. The minimum Gasteiger partial charge on any atom is -0.493 e. The summed E-state index contributed by atoms with van der Waals surface area (Å²) in [4.78, 5) is 10.1. The van der Waals surface area contributed by atoms with E-state index in [4.69, 9.17) is 9.47 Å². The van der Waals surface area contributed by atoms with E-state index in [0.717, 1.165) is 0 Å². The molecule has 5 nitrogen and oxygen atoms in total. The van der Waals surface area contributed by atoms with E-state index in [2.05, 4.69) is 0 Å². The minimum absolute atomic E-state index is 0.0850. The Hall–Kier alpha value is -1.52. The summed E-state index contributed by atoms with van der Waals surface area (Å²) in [7, 11) is 2.87. The number of rotatable bonds is 3. The molecule has 1 aliphatic carbocycles. The van der Waals surface area contributed by atoms with Crippen molar-refractivity contribution >= 4 is 0 Å². The van der Waals surface area contributed by atoms with Crippen LogP contribution in [0.4, 0.5) is 0 Å². The number of hydrogen-bond acceptors (Lipinski definition) is 4. The Labute approximate surface area is 75.8 Å². The molecule has 0 aliphatic heterocycles. The summed E-state index contributed by atoms with van der Waals surface area (Å²) in [5.41, 5.74) is 0.0850. The maximum Gasteiger partial charge on any atom is 0.291 e. The van der Waals surface area contributed by atoms with Gasteiger partial charge in [-0.1, -0.05) is 0 Å². The van der Waals surface area contributed by atoms with Gasteiger partial charge in [0.1, 0.15) is 0 Å². The van der Waals surface area contributed by atoms with Gasteiger partial charge in [-0.25, -0.2) is 0 Å². The van der Waals surface area contributed by atoms with Crippen LogP contribution in [0.2, 0.25) is 0 Å². The SMILES string of the molecule is COC1=CCCC([N+](=O)[O-])=C1OC. The molecule has 0 bridgehead atoms. The van der Waals surface area contributed by atoms with E-state index in [1.165, 1.54) is 14.2 Å². The molecule has 1 rings (SSSR count). The van der Waals surface area contributed by atoms with Crippen LogP contribution >= 0.6 is 0 Å². The van der Waals surface area contributed by atoms with Crippen LogP contribution in [0.15, 0.2) is 23.3 Å². The van der Waals surface area contributed by atoms with E-state index in [1.807, 2.05) is 0 Å². The molecule has 0 aromatic heterocycles. The molecular formula is C8H11NO4. The maximum absolute atomic E-state index is 10.6. The van der Waals surface area contributed by atoms with Gasteiger partial charge in [0.25, 0.3) is 5.70 Å². The fourth-order valence-corrected chi connectivity index (χ4v) is 1.26. The van der Waals surface area contributed by atoms with Crippen molar-refractivity contribution in [1.82, 2.24) is 0 Å². The van der Waals surface area contributed by atoms with E-state index >= 15 is 0 Å². The monoisotopic (exact) mass is 185 g/mol. The van der Waals surface area contributed by atoms with Crippen LogP contribution in [-0.2, 0) is 9.47 Å². The Morgan fingerprint density at radius 2 is 2.15 bits per heavy atom. The lowest BCUT2D eigenvalue weighted by atomic mass is 10.1. The second-order valence-corrected chi connectivity index (χ2v) is 2.55. The first-order chi connectivity index (χ1) is 6.20. The molecule has 0 N–H and O–H groups in total. The van der Waals surface area contributed by atoms with Crippen molar-refractivity contribution in [2.45, 2.75) is 12.8 Å². The highest BCUT2D eigenvalue weighted by Crippen LogP contribution is 2.26. The molecule has 0 saturated heterocycles. The summed E-state index contributed by atoms with van der Waals surface area (Å²) in [6.45, 7) is 0. The normalized spacial score (nSPS) is 16.6. The fourth-order valence-electron chi connectivity index (χ4n) is 1.26. The molecule has 72 valence electrons. The van der Waals surface area contributed by atoms with Gasteiger partial charge in [0.15, 0.2) is 5.76 Å². The number of nitrogens with zero attached hydrogens (tertiary/aromatic N) is 1. The zero-order valence-electron chi connectivity index (χ0n) is 7.57. The second kappa shape index (κ2) is 3.93. The molecule has 0 radical (unpaired) electrons. The van der Waals surface area contributed by atoms with Gasteiger partial charge in [-0.15, -0.1) is 0 Å². The smallest absolute Gasteiger partial charge is 0.291 e. The number of ether oxygens (including phenoxy) is 2. The predicted octanol–water partition coefficient (Wildman–Crippen LogP) is 1.45. The van der Waals surface area contributed by atoms with Gasteiger partial charge in [0, 0.05) is 6.42 Å². The summed E-state index contributed by atoms with van der Waals surface area (Å²) in [5.74, 6) is 0.680. The molecule has 0 fully saturated rings. The average molecular weight is 185 g/mol. The largest absolute Gasteiger partial charge is 0.493 e. The average Bonchev–Trinajstić information content (AvgIpc) is 2.16. The first kappa shape index (κ1) is 9.57. The Morgan fingerprint density at radius 1 is 1.46 bits per heavy atom. The molecule has 13 heavy (non-hydrogen) atoms. The van der Waals surface area contributed by atoms with Crippen molar-refractivity contribution in [3.05, 3.63) is 33.4 Å². The topological polar surface area (TPSA) is 61.6 Å². The Balaban J connectivity index is 3.04. The van der Waals surface area contributed by atoms with Crippen molar-refractivity contribution in [1.29, 1.82) is 0 Å². The molecule has 0 unspecified atom stereocenters. The van der Waals surface area contributed by atoms with Crippen molar-refractivity contribution in [3.63, 3.8) is 0 Å². The quantitative estimate of drug-likeness (QED) is 0.493. The summed E-state index contributed by atoms with van der Waals surface area (Å²) in [6, 6.07) is 0. The lowest BCUT2D eigenvalue weighted by Gasteiger charge is -2.13. The Morgan fingerprint density at radius 3 is 2.62 bits per heavy atom. The number of nitro groups is 1. The summed E-state index contributed by atoms with van der Waals surface area (Å²) >= 11 is 0. The van der Waals surface area contributed by atoms with Gasteiger partial charge in [0.2, 0.25) is 5.76 Å². The standard InChI is InChI=1S/C8H11NO4/c1-12-7-5-3-4-6(9(10)11)8(7)13-2/h5H,3-4H2,1-2H3. The molecule has 5 heteroatoms. The zero-order chi connectivity index (χ0) is 9.84. The van der Waals surface area contributed by atoms with Crippen LogP contribution in [0.25, 0.3) is 0 Å². The first-order valence-electron chi connectivity index (χ1n) is 3.86. The summed E-state index contributed by atoms with van der Waals surface area (Å²) in [5, 5.41) is 10.6. The van der Waals surface area contributed by atoms with E-state index in [9.17, 15) is 10.1 Å². The van der Waals surface area contributed by atoms with Crippen molar-refractivity contribution in [2.75, 3.05) is 14.2 Å². The maximum atomic E-state index is 10.6. The molecule has 0 heterocycles. The molecule has 0 amide bonds. The first-order valence-corrected chi connectivity index (χ1v) is 3.86. The Bertz CT molecular complexity index is 280. The molecule has 0 atom stereocenters. The Kier molecular flexibility index (Phi) is 2.89. The van der Waals surface area contributed by atoms with Crippen LogP contribution in [0.1, 0.15) is 12.8 Å². The fraction of sp³-hybridized carbons (Fsp3) is 0.500. The highest BCUT2D eigenvalue weighted by Gasteiger charge is 2.26. The van der Waals surface area contributed by atoms with E-state index in [-0.39, 0.29) is 11.5 Å². The highest BCUT2D eigenvalue weighted by atomic mass is 16.6. The summed E-state index contributed by atoms with van der Waals surface area (Å²) < 4.78 is 9.86. The molecule has 0 saturated carbocycles. The van der Waals surface area contributed by atoms with Gasteiger partial charge in [0.05, 0.1) is 19.1 Å². The molecule has 0 spiro atoms. The molecule has 0 aromatic rings. The third kappa shape index (κ3) is 1.80. The van der Waals surface area contributed by atoms with Crippen LogP contribution in [0.5, 0.6) is 0 Å². The van der Waals surface area contributed by atoms with Crippen LogP contribution in [0.3, 0.4) is 0 Å². The van der Waals surface area contributed by atoms with Crippen molar-refractivity contribution in [3.8, 4) is 0 Å².